The summed E-state index contributed by atoms with van der Waals surface area (Å²) >= 11 is 0. The van der Waals surface area contributed by atoms with Gasteiger partial charge in [0.25, 0.3) is 0 Å². The maximum Gasteiger partial charge on any atom is 0.0665 e. The summed E-state index contributed by atoms with van der Waals surface area (Å²) in [5.41, 5.74) is 1.10. The van der Waals surface area contributed by atoms with Crippen LogP contribution in [0, 0.1) is 11.8 Å². The summed E-state index contributed by atoms with van der Waals surface area (Å²) in [6.45, 7) is 0. The first-order valence-electron chi connectivity index (χ1n) is 7.20. The van der Waals surface area contributed by atoms with Gasteiger partial charge in [-0.3, -0.25) is 4.21 Å². The van der Waals surface area contributed by atoms with E-state index in [1.54, 1.807) is 0 Å². The Morgan fingerprint density at radius 2 is 1.90 bits per heavy atom. The molecule has 0 aromatic heterocycles. The summed E-state index contributed by atoms with van der Waals surface area (Å²) in [5, 5.41) is 6.40. The van der Waals surface area contributed by atoms with E-state index in [4.69, 9.17) is 0 Å². The summed E-state index contributed by atoms with van der Waals surface area (Å²) in [7, 11) is -0.890. The molecule has 100 valence electrons. The minimum absolute atomic E-state index is 0.263. The van der Waals surface area contributed by atoms with Crippen molar-refractivity contribution >= 4 is 27.3 Å². The smallest absolute Gasteiger partial charge is 0.0665 e. The van der Waals surface area contributed by atoms with E-state index < -0.39 is 10.8 Å². The number of anilines is 1. The zero-order chi connectivity index (χ0) is 13.3. The first-order chi connectivity index (χ1) is 9.83. The molecule has 0 spiro atoms. The first-order valence-corrected chi connectivity index (χ1v) is 8.41. The molecule has 1 fully saturated rings. The van der Waals surface area contributed by atoms with Crippen molar-refractivity contribution in [3.8, 4) is 0 Å². The zero-order valence-electron chi connectivity index (χ0n) is 11.0. The maximum atomic E-state index is 13.0. The number of rotatable bonds is 0. The van der Waals surface area contributed by atoms with Crippen molar-refractivity contribution in [2.75, 3.05) is 5.32 Å². The van der Waals surface area contributed by atoms with Crippen LogP contribution in [0.3, 0.4) is 0 Å². The Morgan fingerprint density at radius 1 is 1.05 bits per heavy atom. The molecule has 2 aliphatic carbocycles. The van der Waals surface area contributed by atoms with Crippen LogP contribution in [0.25, 0.3) is 10.8 Å². The molecule has 0 saturated heterocycles. The molecular weight excluding hydrogens is 266 g/mol. The molecule has 5 atom stereocenters. The molecule has 1 aliphatic heterocycles. The minimum Gasteiger partial charge on any atom is -0.379 e. The number of allylic oxidation sites excluding steroid dienone is 1. The second-order valence-corrected chi connectivity index (χ2v) is 7.62. The van der Waals surface area contributed by atoms with Crippen molar-refractivity contribution < 1.29 is 4.21 Å². The average Bonchev–Trinajstić information content (AvgIpc) is 3.09. The Kier molecular flexibility index (Phi) is 2.07. The van der Waals surface area contributed by atoms with Gasteiger partial charge in [0.2, 0.25) is 0 Å². The third-order valence-corrected chi connectivity index (χ3v) is 6.96. The van der Waals surface area contributed by atoms with Crippen molar-refractivity contribution in [1.29, 1.82) is 0 Å². The average molecular weight is 281 g/mol. The fourth-order valence-electron chi connectivity index (χ4n) is 4.14. The van der Waals surface area contributed by atoms with E-state index in [-0.39, 0.29) is 5.25 Å². The van der Waals surface area contributed by atoms with Crippen LogP contribution in [0.1, 0.15) is 6.42 Å². The number of fused-ring (bicyclic) bond motifs is 8. The maximum absolute atomic E-state index is 13.0. The molecule has 3 heteroatoms. The molecule has 5 rings (SSSR count). The molecule has 20 heavy (non-hydrogen) atoms. The quantitative estimate of drug-likeness (QED) is 0.751. The summed E-state index contributed by atoms with van der Waals surface area (Å²) in [6.07, 6.45) is 5.75. The molecule has 2 nitrogen and oxygen atoms in total. The number of benzene rings is 2. The zero-order valence-corrected chi connectivity index (χ0v) is 11.8. The van der Waals surface area contributed by atoms with E-state index >= 15 is 0 Å². The highest BCUT2D eigenvalue weighted by Gasteiger charge is 2.50. The lowest BCUT2D eigenvalue weighted by molar-refractivity contribution is 0.592. The Balaban J connectivity index is 1.76. The first kappa shape index (κ1) is 11.1. The fraction of sp³-hybridized carbons (Fsp3) is 0.294. The molecule has 2 aromatic carbocycles. The number of hydrogen-bond acceptors (Lipinski definition) is 2. The number of hydrogen-bond donors (Lipinski definition) is 1. The summed E-state index contributed by atoms with van der Waals surface area (Å²) < 4.78 is 13.0. The van der Waals surface area contributed by atoms with Gasteiger partial charge in [-0.05, 0) is 29.7 Å². The van der Waals surface area contributed by atoms with Gasteiger partial charge in [-0.1, -0.05) is 42.5 Å². The molecule has 1 heterocycles. The van der Waals surface area contributed by atoms with Crippen molar-refractivity contribution in [2.24, 2.45) is 11.8 Å². The lowest BCUT2D eigenvalue weighted by atomic mass is 9.99. The monoisotopic (exact) mass is 281 g/mol. The van der Waals surface area contributed by atoms with Crippen LogP contribution in [0.5, 0.6) is 0 Å². The van der Waals surface area contributed by atoms with E-state index in [1.807, 2.05) is 6.07 Å². The van der Waals surface area contributed by atoms with Gasteiger partial charge >= 0.3 is 0 Å². The van der Waals surface area contributed by atoms with Gasteiger partial charge < -0.3 is 5.32 Å². The van der Waals surface area contributed by atoms with E-state index in [1.165, 1.54) is 17.2 Å². The van der Waals surface area contributed by atoms with Crippen LogP contribution in [0.2, 0.25) is 0 Å². The van der Waals surface area contributed by atoms with Crippen LogP contribution in [0.15, 0.2) is 53.4 Å². The van der Waals surface area contributed by atoms with Crippen molar-refractivity contribution in [1.82, 2.24) is 0 Å². The van der Waals surface area contributed by atoms with Crippen LogP contribution in [0.4, 0.5) is 5.69 Å². The standard InChI is InChI=1S/C17H15NOS/c19-20-14-8-7-10-3-1-2-4-13(10)16(14)18-15-11-5-6-12(9-11)17(15)20/h1-8,11-12,15,17-18H,9H2/t11-,12+,15+,17-,20+/m1/s1. The largest absolute Gasteiger partial charge is 0.379 e. The SMILES string of the molecule is O=[S@]1c2ccc3ccccc3c2N[C@@H]2[C@H]1[C@H]1C=C[C@@H]2C1. The Labute approximate surface area is 120 Å². The number of nitrogens with one attached hydrogen (secondary N) is 1. The summed E-state index contributed by atoms with van der Waals surface area (Å²) in [4.78, 5) is 0.992. The highest BCUT2D eigenvalue weighted by molar-refractivity contribution is 7.86. The van der Waals surface area contributed by atoms with Gasteiger partial charge in [-0.25, -0.2) is 0 Å². The Morgan fingerprint density at radius 3 is 2.85 bits per heavy atom. The molecule has 0 radical (unpaired) electrons. The minimum atomic E-state index is -0.890. The van der Waals surface area contributed by atoms with Gasteiger partial charge in [-0.2, -0.15) is 0 Å². The van der Waals surface area contributed by atoms with E-state index in [0.29, 0.717) is 17.9 Å². The van der Waals surface area contributed by atoms with E-state index in [0.717, 1.165) is 10.6 Å². The second-order valence-electron chi connectivity index (χ2n) is 6.04. The highest BCUT2D eigenvalue weighted by atomic mass is 32.2. The van der Waals surface area contributed by atoms with E-state index in [9.17, 15) is 4.21 Å². The predicted molar refractivity (Wildman–Crippen MR) is 82.3 cm³/mol. The molecule has 1 saturated carbocycles. The molecule has 0 amide bonds. The van der Waals surface area contributed by atoms with Crippen LogP contribution in [-0.2, 0) is 10.8 Å². The second kappa shape index (κ2) is 3.73. The van der Waals surface area contributed by atoms with Gasteiger partial charge in [0.1, 0.15) is 0 Å². The molecular formula is C17H15NOS. The van der Waals surface area contributed by atoms with Gasteiger partial charge in [0.15, 0.2) is 0 Å². The van der Waals surface area contributed by atoms with Crippen molar-refractivity contribution in [2.45, 2.75) is 22.6 Å². The molecule has 2 aromatic rings. The normalized spacial score (nSPS) is 36.7. The molecule has 2 bridgehead atoms. The lowest BCUT2D eigenvalue weighted by Crippen LogP contribution is -2.43. The van der Waals surface area contributed by atoms with Gasteiger partial charge in [-0.15, -0.1) is 0 Å². The highest BCUT2D eigenvalue weighted by Crippen LogP contribution is 2.49. The third kappa shape index (κ3) is 1.27. The summed E-state index contributed by atoms with van der Waals surface area (Å²) in [6, 6.07) is 12.8. The van der Waals surface area contributed by atoms with Gasteiger partial charge in [0.05, 0.1) is 26.6 Å². The van der Waals surface area contributed by atoms with Crippen LogP contribution in [-0.4, -0.2) is 15.5 Å². The van der Waals surface area contributed by atoms with Gasteiger partial charge in [0, 0.05) is 11.4 Å². The third-order valence-electron chi connectivity index (χ3n) is 5.05. The van der Waals surface area contributed by atoms with Crippen molar-refractivity contribution in [3.05, 3.63) is 48.6 Å². The van der Waals surface area contributed by atoms with Crippen LogP contribution < -0.4 is 5.32 Å². The lowest BCUT2D eigenvalue weighted by Gasteiger charge is -2.35. The summed E-state index contributed by atoms with van der Waals surface area (Å²) in [5.74, 6) is 1.05. The molecule has 0 unspecified atom stereocenters. The fourth-order valence-corrected chi connectivity index (χ4v) is 6.06. The topological polar surface area (TPSA) is 29.1 Å². The van der Waals surface area contributed by atoms with Crippen molar-refractivity contribution in [3.63, 3.8) is 0 Å². The molecule has 3 aliphatic rings. The van der Waals surface area contributed by atoms with Crippen LogP contribution >= 0.6 is 0 Å². The van der Waals surface area contributed by atoms with E-state index in [2.05, 4.69) is 47.8 Å². The Bertz CT molecular complexity index is 782. The predicted octanol–water partition coefficient (Wildman–Crippen LogP) is 3.32. The Hall–Kier alpha value is -1.61. The molecule has 1 N–H and O–H groups in total.